The van der Waals surface area contributed by atoms with E-state index < -0.39 is 114 Å². The molecular formula is C51H46Cl3NO17. The van der Waals surface area contributed by atoms with Gasteiger partial charge in [0.15, 0.2) is 30.7 Å². The monoisotopic (exact) mass is 1050 g/mol. The highest BCUT2D eigenvalue weighted by atomic mass is 35.6. The molecule has 2 heterocycles. The first-order valence-electron chi connectivity index (χ1n) is 22.2. The minimum Gasteiger partial charge on any atom is -0.467 e. The van der Waals surface area contributed by atoms with Crippen molar-refractivity contribution < 1.29 is 81.3 Å². The van der Waals surface area contributed by atoms with Gasteiger partial charge >= 0.3 is 29.8 Å². The number of fused-ring (bicyclic) bond motifs is 1. The van der Waals surface area contributed by atoms with E-state index in [4.69, 9.17) is 77.4 Å². The molecule has 2 aliphatic rings. The fourth-order valence-corrected chi connectivity index (χ4v) is 7.90. The Morgan fingerprint density at radius 2 is 1.18 bits per heavy atom. The SMILES string of the molecule is COC(=O)[C@H]1O[C@@H](O[C@H]2[C@@H](O)[C@@H](COC(=O)c3ccccc3)O[C@@H](Oc3cccc4ccccc34)[C@@H]2NC(=O)C(Cl)(Cl)Cl)[C@H](OC(=O)c2ccccc2)[C@@H](OC(=O)c2ccccc2)[C@@H]1OC(=O)CCC(C)=O. The third-order valence-corrected chi connectivity index (χ3v) is 11.8. The van der Waals surface area contributed by atoms with Gasteiger partial charge in [-0.2, -0.15) is 0 Å². The fourth-order valence-electron chi connectivity index (χ4n) is 7.73. The maximum absolute atomic E-state index is 14.1. The van der Waals surface area contributed by atoms with Crippen molar-refractivity contribution in [3.8, 4) is 5.75 Å². The topological polar surface area (TPSA) is 235 Å². The summed E-state index contributed by atoms with van der Waals surface area (Å²) in [5, 5.41) is 16.2. The van der Waals surface area contributed by atoms with Gasteiger partial charge in [-0.1, -0.05) is 126 Å². The molecule has 7 rings (SSSR count). The first-order chi connectivity index (χ1) is 34.5. The van der Waals surface area contributed by atoms with E-state index in [1.54, 1.807) is 72.8 Å². The van der Waals surface area contributed by atoms with Crippen molar-refractivity contribution >= 4 is 87.1 Å². The molecule has 18 nitrogen and oxygen atoms in total. The summed E-state index contributed by atoms with van der Waals surface area (Å²) in [6, 6.07) is 33.2. The highest BCUT2D eigenvalue weighted by Crippen LogP contribution is 2.37. The summed E-state index contributed by atoms with van der Waals surface area (Å²) in [6.07, 6.45) is -18.3. The van der Waals surface area contributed by atoms with Crippen molar-refractivity contribution in [3.63, 3.8) is 0 Å². The minimum absolute atomic E-state index is 0.0403. The first-order valence-corrected chi connectivity index (χ1v) is 23.3. The Morgan fingerprint density at radius 3 is 1.76 bits per heavy atom. The van der Waals surface area contributed by atoms with E-state index >= 15 is 0 Å². The number of methoxy groups -OCH3 is 1. The molecule has 5 aromatic rings. The van der Waals surface area contributed by atoms with Crippen LogP contribution in [0.25, 0.3) is 10.8 Å². The van der Waals surface area contributed by atoms with Crippen molar-refractivity contribution in [3.05, 3.63) is 150 Å². The molecule has 0 aromatic heterocycles. The largest absolute Gasteiger partial charge is 0.467 e. The lowest BCUT2D eigenvalue weighted by Crippen LogP contribution is -2.70. The number of hydrogen-bond acceptors (Lipinski definition) is 17. The van der Waals surface area contributed by atoms with Crippen LogP contribution in [0.1, 0.15) is 50.8 Å². The van der Waals surface area contributed by atoms with Crippen LogP contribution in [0.5, 0.6) is 5.75 Å². The lowest BCUT2D eigenvalue weighted by atomic mass is 9.94. The van der Waals surface area contributed by atoms with Crippen molar-refractivity contribution in [2.75, 3.05) is 13.7 Å². The van der Waals surface area contributed by atoms with E-state index in [0.717, 1.165) is 7.11 Å². The van der Waals surface area contributed by atoms with Gasteiger partial charge in [0.25, 0.3) is 9.70 Å². The Hall–Kier alpha value is -6.64. The molecule has 2 fully saturated rings. The van der Waals surface area contributed by atoms with Gasteiger partial charge in [-0.3, -0.25) is 9.59 Å². The van der Waals surface area contributed by atoms with Crippen LogP contribution >= 0.6 is 34.8 Å². The van der Waals surface area contributed by atoms with Crippen molar-refractivity contribution in [1.29, 1.82) is 0 Å². The zero-order valence-electron chi connectivity index (χ0n) is 38.2. The third kappa shape index (κ3) is 13.3. The summed E-state index contributed by atoms with van der Waals surface area (Å²) >= 11 is 18.3. The van der Waals surface area contributed by atoms with E-state index in [0.29, 0.717) is 10.8 Å². The van der Waals surface area contributed by atoms with Crippen LogP contribution in [0, 0.1) is 0 Å². The summed E-state index contributed by atoms with van der Waals surface area (Å²) in [5.74, 6) is -6.73. The standard InChI is InChI=1S/C51H46Cl3NO17/c1-28(56)25-26-36(57)68-40-41(69-45(60)31-18-8-4-9-19-31)43(70-46(61)32-20-10-5-11-21-32)49(72-42(40)47(62)64-2)71-39-37(55-50(63)51(52,53)54)48(66-34-24-14-22-29-15-12-13-23-33(29)34)67-35(38(39)58)27-65-44(59)30-16-6-3-7-17-30/h3-24,35,37-43,48-49,58H,25-27H2,1-2H3,(H,55,63)/t35-,37-,38+,39-,40+,41+,42+,43-,48-,49-/m1/s1. The van der Waals surface area contributed by atoms with Gasteiger partial charge in [-0.25, -0.2) is 19.2 Å². The average molecular weight is 1050 g/mol. The Balaban J connectivity index is 1.36. The number of nitrogens with one attached hydrogen (secondary N) is 1. The average Bonchev–Trinajstić information content (AvgIpc) is 3.38. The second kappa shape index (κ2) is 24.2. The number of rotatable bonds is 17. The van der Waals surface area contributed by atoms with E-state index in [9.17, 15) is 38.7 Å². The van der Waals surface area contributed by atoms with Crippen molar-refractivity contribution in [2.24, 2.45) is 0 Å². The second-order valence-corrected chi connectivity index (χ2v) is 18.5. The predicted molar refractivity (Wildman–Crippen MR) is 255 cm³/mol. The number of carbonyl (C=O) groups excluding carboxylic acids is 7. The molecule has 2 saturated heterocycles. The predicted octanol–water partition coefficient (Wildman–Crippen LogP) is 6.03. The molecular weight excluding hydrogens is 1000 g/mol. The summed E-state index contributed by atoms with van der Waals surface area (Å²) in [6.45, 7) is 0.552. The van der Waals surface area contributed by atoms with Gasteiger partial charge in [-0.05, 0) is 54.8 Å². The third-order valence-electron chi connectivity index (χ3n) is 11.3. The van der Waals surface area contributed by atoms with Crippen LogP contribution in [-0.2, 0) is 57.1 Å². The Bertz CT molecular complexity index is 2720. The van der Waals surface area contributed by atoms with Crippen LogP contribution in [0.15, 0.2) is 133 Å². The number of aliphatic hydroxyl groups excluding tert-OH is 1. The zero-order chi connectivity index (χ0) is 51.5. The second-order valence-electron chi connectivity index (χ2n) is 16.3. The molecule has 378 valence electrons. The highest BCUT2D eigenvalue weighted by Gasteiger charge is 2.59. The summed E-state index contributed by atoms with van der Waals surface area (Å²) in [4.78, 5) is 94.5. The quantitative estimate of drug-likeness (QED) is 0.0614. The number of esters is 5. The van der Waals surface area contributed by atoms with Crippen LogP contribution in [-0.4, -0.2) is 126 Å². The highest BCUT2D eigenvalue weighted by molar-refractivity contribution is 6.76. The number of halogens is 3. The smallest absolute Gasteiger partial charge is 0.339 e. The van der Waals surface area contributed by atoms with E-state index in [-0.39, 0.29) is 34.6 Å². The molecule has 0 unspecified atom stereocenters. The Kier molecular flexibility index (Phi) is 17.9. The molecule has 10 atom stereocenters. The normalized spacial score (nSPS) is 23.9. The van der Waals surface area contributed by atoms with Gasteiger partial charge in [-0.15, -0.1) is 0 Å². The van der Waals surface area contributed by atoms with Gasteiger partial charge in [0.2, 0.25) is 6.29 Å². The number of hydrogen-bond donors (Lipinski definition) is 2. The maximum Gasteiger partial charge on any atom is 0.339 e. The molecule has 5 aromatic carbocycles. The molecule has 2 aliphatic heterocycles. The lowest BCUT2D eigenvalue weighted by Gasteiger charge is -2.48. The summed E-state index contributed by atoms with van der Waals surface area (Å²) in [7, 11) is 0.976. The van der Waals surface area contributed by atoms with Crippen LogP contribution < -0.4 is 10.1 Å². The lowest BCUT2D eigenvalue weighted by molar-refractivity contribution is -0.334. The number of ketones is 1. The summed E-state index contributed by atoms with van der Waals surface area (Å²) in [5.41, 5.74) is 0.0610. The van der Waals surface area contributed by atoms with Crippen molar-refractivity contribution in [2.45, 2.75) is 84.9 Å². The number of carbonyl (C=O) groups is 7. The van der Waals surface area contributed by atoms with Gasteiger partial charge in [0.1, 0.15) is 42.5 Å². The van der Waals surface area contributed by atoms with Gasteiger partial charge in [0.05, 0.1) is 30.2 Å². The fraction of sp³-hybridized carbons (Fsp3) is 0.314. The molecule has 72 heavy (non-hydrogen) atoms. The zero-order valence-corrected chi connectivity index (χ0v) is 40.5. The van der Waals surface area contributed by atoms with E-state index in [1.165, 1.54) is 67.6 Å². The first kappa shape index (κ1) is 53.2. The summed E-state index contributed by atoms with van der Waals surface area (Å²) < 4.78 is 51.5. The number of aliphatic hydroxyl groups is 1. The Labute approximate surface area is 426 Å². The van der Waals surface area contributed by atoms with E-state index in [1.807, 2.05) is 0 Å². The molecule has 0 spiro atoms. The number of Topliss-reactive ketones (excluding diaryl/α,β-unsaturated/α-hetero) is 1. The number of benzene rings is 5. The molecule has 0 saturated carbocycles. The molecule has 1 amide bonds. The molecule has 2 N–H and O–H groups in total. The molecule has 0 bridgehead atoms. The molecule has 0 radical (unpaired) electrons. The maximum atomic E-state index is 14.1. The van der Waals surface area contributed by atoms with Gasteiger partial charge < -0.3 is 57.8 Å². The van der Waals surface area contributed by atoms with Crippen LogP contribution in [0.4, 0.5) is 0 Å². The number of ether oxygens (including phenoxy) is 9. The number of amides is 1. The Morgan fingerprint density at radius 1 is 0.625 bits per heavy atom. The minimum atomic E-state index is -2.66. The van der Waals surface area contributed by atoms with Crippen LogP contribution in [0.3, 0.4) is 0 Å². The van der Waals surface area contributed by atoms with Crippen molar-refractivity contribution in [1.82, 2.24) is 5.32 Å². The van der Waals surface area contributed by atoms with Crippen LogP contribution in [0.2, 0.25) is 0 Å². The van der Waals surface area contributed by atoms with E-state index in [2.05, 4.69) is 5.32 Å². The molecule has 21 heteroatoms. The molecule has 0 aliphatic carbocycles. The van der Waals surface area contributed by atoms with Gasteiger partial charge in [0, 0.05) is 11.8 Å². The number of alkyl halides is 3.